The Morgan fingerprint density at radius 2 is 2.23 bits per heavy atom. The van der Waals surface area contributed by atoms with Gasteiger partial charge in [-0.2, -0.15) is 0 Å². The molecule has 13 heavy (non-hydrogen) atoms. The molecule has 1 atom stereocenters. The van der Waals surface area contributed by atoms with Crippen LogP contribution >= 0.6 is 0 Å². The zero-order valence-corrected chi connectivity index (χ0v) is 8.85. The lowest BCUT2D eigenvalue weighted by molar-refractivity contribution is 0.338. The van der Waals surface area contributed by atoms with Crippen molar-refractivity contribution in [1.29, 1.82) is 5.41 Å². The maximum absolute atomic E-state index is 7.28. The third-order valence-electron chi connectivity index (χ3n) is 3.06. The Kier molecular flexibility index (Phi) is 3.52. The molecule has 0 bridgehead atoms. The van der Waals surface area contributed by atoms with Crippen LogP contribution in [0.5, 0.6) is 0 Å². The topological polar surface area (TPSA) is 35.9 Å². The highest BCUT2D eigenvalue weighted by atomic mass is 14.8. The third kappa shape index (κ3) is 2.33. The van der Waals surface area contributed by atoms with E-state index in [9.17, 15) is 0 Å². The summed E-state index contributed by atoms with van der Waals surface area (Å²) in [6.45, 7) is 4.57. The minimum absolute atomic E-state index is 0.760. The zero-order chi connectivity index (χ0) is 9.84. The van der Waals surface area contributed by atoms with Gasteiger partial charge >= 0.3 is 0 Å². The van der Waals surface area contributed by atoms with Gasteiger partial charge in [-0.25, -0.2) is 0 Å². The molecule has 0 aromatic carbocycles. The number of hydrogen-bond acceptors (Lipinski definition) is 2. The van der Waals surface area contributed by atoms with Gasteiger partial charge in [0.15, 0.2) is 0 Å². The van der Waals surface area contributed by atoms with Crippen LogP contribution in [0.25, 0.3) is 0 Å². The molecular weight excluding hydrogens is 160 g/mol. The number of nitrogens with one attached hydrogen (secondary N) is 2. The Morgan fingerprint density at radius 1 is 1.54 bits per heavy atom. The molecule has 0 radical (unpaired) electrons. The SMILES string of the molecule is CNC1=C(C=N)CCC(C(C)C)C1. The van der Waals surface area contributed by atoms with E-state index in [1.807, 2.05) is 7.05 Å². The largest absolute Gasteiger partial charge is 0.391 e. The fraction of sp³-hybridized carbons (Fsp3) is 0.727. The molecule has 2 nitrogen and oxygen atoms in total. The first-order valence-corrected chi connectivity index (χ1v) is 5.09. The molecule has 0 saturated carbocycles. The minimum Gasteiger partial charge on any atom is -0.391 e. The lowest BCUT2D eigenvalue weighted by Crippen LogP contribution is -2.22. The van der Waals surface area contributed by atoms with Crippen LogP contribution in [0.4, 0.5) is 0 Å². The second-order valence-electron chi connectivity index (χ2n) is 4.15. The molecule has 1 rings (SSSR count). The molecule has 0 fully saturated rings. The van der Waals surface area contributed by atoms with Crippen molar-refractivity contribution in [3.63, 3.8) is 0 Å². The summed E-state index contributed by atoms with van der Waals surface area (Å²) >= 11 is 0. The van der Waals surface area contributed by atoms with Gasteiger partial charge in [0.1, 0.15) is 0 Å². The molecule has 0 aromatic rings. The molecule has 1 aliphatic rings. The van der Waals surface area contributed by atoms with Crippen LogP contribution in [0.2, 0.25) is 0 Å². The Hall–Kier alpha value is -0.790. The van der Waals surface area contributed by atoms with Crippen molar-refractivity contribution in [3.05, 3.63) is 11.3 Å². The van der Waals surface area contributed by atoms with Crippen LogP contribution in [0.15, 0.2) is 11.3 Å². The predicted molar refractivity (Wildman–Crippen MR) is 57.0 cm³/mol. The molecule has 0 heterocycles. The van der Waals surface area contributed by atoms with Crippen LogP contribution in [0.1, 0.15) is 33.1 Å². The fourth-order valence-electron chi connectivity index (χ4n) is 1.98. The first-order chi connectivity index (χ1) is 6.19. The van der Waals surface area contributed by atoms with Gasteiger partial charge in [0.25, 0.3) is 0 Å². The second kappa shape index (κ2) is 4.45. The van der Waals surface area contributed by atoms with E-state index >= 15 is 0 Å². The molecule has 1 aliphatic carbocycles. The van der Waals surface area contributed by atoms with Crippen LogP contribution in [-0.2, 0) is 0 Å². The summed E-state index contributed by atoms with van der Waals surface area (Å²) in [6, 6.07) is 0. The van der Waals surface area contributed by atoms with E-state index in [0.717, 1.165) is 24.7 Å². The predicted octanol–water partition coefficient (Wildman–Crippen LogP) is 2.57. The first-order valence-electron chi connectivity index (χ1n) is 5.09. The average Bonchev–Trinajstić information content (AvgIpc) is 2.16. The van der Waals surface area contributed by atoms with Crippen LogP contribution in [0.3, 0.4) is 0 Å². The van der Waals surface area contributed by atoms with Crippen LogP contribution in [0, 0.1) is 17.2 Å². The quantitative estimate of drug-likeness (QED) is 0.643. The molecule has 2 heteroatoms. The summed E-state index contributed by atoms with van der Waals surface area (Å²) < 4.78 is 0. The molecule has 0 amide bonds. The van der Waals surface area contributed by atoms with Crippen molar-refractivity contribution in [2.75, 3.05) is 7.05 Å². The summed E-state index contributed by atoms with van der Waals surface area (Å²) in [7, 11) is 1.96. The highest BCUT2D eigenvalue weighted by Gasteiger charge is 2.21. The molecule has 0 aliphatic heterocycles. The molecule has 0 saturated heterocycles. The Bertz CT molecular complexity index is 216. The van der Waals surface area contributed by atoms with Gasteiger partial charge < -0.3 is 10.7 Å². The highest BCUT2D eigenvalue weighted by molar-refractivity contribution is 5.77. The number of rotatable bonds is 3. The van der Waals surface area contributed by atoms with E-state index in [1.54, 1.807) is 0 Å². The molecule has 74 valence electrons. The first kappa shape index (κ1) is 10.3. The lowest BCUT2D eigenvalue weighted by Gasteiger charge is -2.28. The second-order valence-corrected chi connectivity index (χ2v) is 4.15. The highest BCUT2D eigenvalue weighted by Crippen LogP contribution is 2.31. The third-order valence-corrected chi connectivity index (χ3v) is 3.06. The molecule has 2 N–H and O–H groups in total. The average molecular weight is 180 g/mol. The standard InChI is InChI=1S/C11H20N2/c1-8(2)9-4-5-10(7-12)11(6-9)13-3/h7-9,12-13H,4-6H2,1-3H3. The minimum atomic E-state index is 0.760. The smallest absolute Gasteiger partial charge is 0.0227 e. The normalized spacial score (nSPS) is 23.5. The number of hydrogen-bond donors (Lipinski definition) is 2. The van der Waals surface area contributed by atoms with Crippen molar-refractivity contribution < 1.29 is 0 Å². The van der Waals surface area contributed by atoms with Crippen LogP contribution in [-0.4, -0.2) is 13.3 Å². The van der Waals surface area contributed by atoms with Gasteiger partial charge in [0, 0.05) is 19.0 Å². The number of allylic oxidation sites excluding steroid dienone is 2. The Morgan fingerprint density at radius 3 is 2.69 bits per heavy atom. The van der Waals surface area contributed by atoms with Crippen molar-refractivity contribution in [2.45, 2.75) is 33.1 Å². The molecule has 0 spiro atoms. The monoisotopic (exact) mass is 180 g/mol. The van der Waals surface area contributed by atoms with Crippen molar-refractivity contribution >= 4 is 6.21 Å². The van der Waals surface area contributed by atoms with E-state index < -0.39 is 0 Å². The van der Waals surface area contributed by atoms with Gasteiger partial charge in [0.2, 0.25) is 0 Å². The maximum atomic E-state index is 7.28. The summed E-state index contributed by atoms with van der Waals surface area (Å²) in [5, 5.41) is 10.5. The van der Waals surface area contributed by atoms with Gasteiger partial charge in [-0.15, -0.1) is 0 Å². The Balaban J connectivity index is 2.71. The summed E-state index contributed by atoms with van der Waals surface area (Å²) in [6.07, 6.45) is 4.94. The Labute approximate surface area is 80.9 Å². The molecule has 1 unspecified atom stereocenters. The van der Waals surface area contributed by atoms with E-state index in [2.05, 4.69) is 19.2 Å². The van der Waals surface area contributed by atoms with E-state index in [0.29, 0.717) is 0 Å². The molecule has 0 aromatic heterocycles. The van der Waals surface area contributed by atoms with Crippen LogP contribution < -0.4 is 5.32 Å². The van der Waals surface area contributed by atoms with Crippen molar-refractivity contribution in [2.24, 2.45) is 11.8 Å². The van der Waals surface area contributed by atoms with E-state index in [1.165, 1.54) is 23.9 Å². The molecular formula is C11H20N2. The van der Waals surface area contributed by atoms with Gasteiger partial charge in [-0.05, 0) is 36.7 Å². The zero-order valence-electron chi connectivity index (χ0n) is 8.85. The summed E-state index contributed by atoms with van der Waals surface area (Å²) in [5.74, 6) is 1.56. The van der Waals surface area contributed by atoms with Gasteiger partial charge in [0.05, 0.1) is 0 Å². The van der Waals surface area contributed by atoms with Gasteiger partial charge in [-0.3, -0.25) is 0 Å². The van der Waals surface area contributed by atoms with Gasteiger partial charge in [-0.1, -0.05) is 13.8 Å². The van der Waals surface area contributed by atoms with E-state index in [4.69, 9.17) is 5.41 Å². The van der Waals surface area contributed by atoms with E-state index in [-0.39, 0.29) is 0 Å². The fourth-order valence-corrected chi connectivity index (χ4v) is 1.98. The van der Waals surface area contributed by atoms with Crippen molar-refractivity contribution in [3.8, 4) is 0 Å². The summed E-state index contributed by atoms with van der Waals surface area (Å²) in [4.78, 5) is 0. The lowest BCUT2D eigenvalue weighted by atomic mass is 9.81. The maximum Gasteiger partial charge on any atom is 0.0227 e. The summed E-state index contributed by atoms with van der Waals surface area (Å²) in [5.41, 5.74) is 2.47. The van der Waals surface area contributed by atoms with Crippen molar-refractivity contribution in [1.82, 2.24) is 5.32 Å².